The largest absolute Gasteiger partial charge is 0.408 e. The van der Waals surface area contributed by atoms with Crippen LogP contribution in [0, 0.1) is 6.92 Å². The lowest BCUT2D eigenvalue weighted by Gasteiger charge is -2.06. The molecule has 0 spiro atoms. The number of carbonyl (C=O) groups excluding carboxylic acids is 1. The third-order valence-corrected chi connectivity index (χ3v) is 5.44. The molecule has 2 heterocycles. The van der Waals surface area contributed by atoms with E-state index < -0.39 is 24.3 Å². The Bertz CT molecular complexity index is 1210. The van der Waals surface area contributed by atoms with Crippen LogP contribution in [0.4, 0.5) is 13.2 Å². The highest BCUT2D eigenvalue weighted by Crippen LogP contribution is 2.36. The topological polar surface area (TPSA) is 86.7 Å². The van der Waals surface area contributed by atoms with Crippen LogP contribution in [-0.4, -0.2) is 36.2 Å². The monoisotopic (exact) mass is 468 g/mol. The zero-order valence-electron chi connectivity index (χ0n) is 17.1. The second-order valence-corrected chi connectivity index (χ2v) is 8.17. The van der Waals surface area contributed by atoms with Gasteiger partial charge in [0.15, 0.2) is 5.82 Å². The molecule has 1 aliphatic rings. The van der Waals surface area contributed by atoms with Gasteiger partial charge in [0.25, 0.3) is 0 Å². The average molecular weight is 469 g/mol. The van der Waals surface area contributed by atoms with Gasteiger partial charge in [0.05, 0.1) is 11.8 Å². The number of hydrogen-bond donors (Lipinski definition) is 1. The van der Waals surface area contributed by atoms with Crippen LogP contribution in [0.1, 0.15) is 30.0 Å². The molecule has 0 aliphatic heterocycles. The van der Waals surface area contributed by atoms with Gasteiger partial charge in [-0.2, -0.15) is 18.3 Å². The Morgan fingerprint density at radius 1 is 1.31 bits per heavy atom. The first kappa shape index (κ1) is 22.1. The maximum Gasteiger partial charge on any atom is 0.408 e. The lowest BCUT2D eigenvalue weighted by atomic mass is 10.1. The van der Waals surface area contributed by atoms with Crippen LogP contribution >= 0.6 is 11.6 Å². The molecule has 3 aromatic rings. The number of rotatable bonds is 7. The van der Waals surface area contributed by atoms with Gasteiger partial charge >= 0.3 is 11.9 Å². The van der Waals surface area contributed by atoms with Crippen molar-refractivity contribution >= 4 is 17.5 Å². The quantitative estimate of drug-likeness (QED) is 0.577. The lowest BCUT2D eigenvalue weighted by molar-refractivity contribution is -0.142. The first-order chi connectivity index (χ1) is 15.1. The maximum absolute atomic E-state index is 12.8. The number of aryl methyl sites for hydroxylation is 1. The van der Waals surface area contributed by atoms with Gasteiger partial charge in [-0.25, -0.2) is 9.48 Å². The highest BCUT2D eigenvalue weighted by atomic mass is 35.5. The van der Waals surface area contributed by atoms with Crippen molar-refractivity contribution in [2.24, 2.45) is 0 Å². The lowest BCUT2D eigenvalue weighted by Crippen LogP contribution is -2.33. The summed E-state index contributed by atoms with van der Waals surface area (Å²) in [5, 5.41) is 11.3. The van der Waals surface area contributed by atoms with Crippen molar-refractivity contribution in [1.82, 2.24) is 29.4 Å². The fraction of sp³-hybridized carbons (Fsp3) is 0.400. The van der Waals surface area contributed by atoms with Crippen LogP contribution in [0.15, 0.2) is 35.4 Å². The molecule has 1 amide bonds. The van der Waals surface area contributed by atoms with Crippen LogP contribution in [0.2, 0.25) is 5.02 Å². The zero-order chi connectivity index (χ0) is 23.0. The van der Waals surface area contributed by atoms with Gasteiger partial charge in [0.1, 0.15) is 13.1 Å². The van der Waals surface area contributed by atoms with E-state index in [1.54, 1.807) is 12.1 Å². The van der Waals surface area contributed by atoms with Gasteiger partial charge in [0, 0.05) is 23.8 Å². The van der Waals surface area contributed by atoms with E-state index in [4.69, 9.17) is 11.6 Å². The Kier molecular flexibility index (Phi) is 5.85. The van der Waals surface area contributed by atoms with Crippen LogP contribution in [-0.2, 0) is 24.4 Å². The van der Waals surface area contributed by atoms with E-state index in [0.29, 0.717) is 5.02 Å². The normalized spacial score (nSPS) is 14.0. The van der Waals surface area contributed by atoms with Crippen molar-refractivity contribution < 1.29 is 18.0 Å². The molecule has 8 nitrogen and oxygen atoms in total. The number of benzene rings is 1. The van der Waals surface area contributed by atoms with E-state index >= 15 is 0 Å². The molecule has 0 unspecified atom stereocenters. The van der Waals surface area contributed by atoms with Gasteiger partial charge in [-0.05, 0) is 37.0 Å². The van der Waals surface area contributed by atoms with Crippen LogP contribution in [0.5, 0.6) is 0 Å². The minimum Gasteiger partial charge on any atom is -0.350 e. The molecule has 0 saturated heterocycles. The summed E-state index contributed by atoms with van der Waals surface area (Å²) in [7, 11) is 0. The highest BCUT2D eigenvalue weighted by molar-refractivity contribution is 6.31. The van der Waals surface area contributed by atoms with Crippen LogP contribution < -0.4 is 11.0 Å². The number of amides is 1. The van der Waals surface area contributed by atoms with Crippen molar-refractivity contribution in [3.8, 4) is 11.4 Å². The molecular formula is C20H20ClF3N6O2. The molecular weight excluding hydrogens is 449 g/mol. The van der Waals surface area contributed by atoms with Gasteiger partial charge in [-0.3, -0.25) is 14.0 Å². The first-order valence-corrected chi connectivity index (χ1v) is 10.3. The third-order valence-electron chi connectivity index (χ3n) is 5.02. The molecule has 2 aromatic heterocycles. The zero-order valence-corrected chi connectivity index (χ0v) is 17.8. The van der Waals surface area contributed by atoms with Crippen molar-refractivity contribution in [2.45, 2.75) is 51.6 Å². The summed E-state index contributed by atoms with van der Waals surface area (Å²) in [5.41, 5.74) is 1.54. The Labute approximate surface area is 185 Å². The van der Waals surface area contributed by atoms with Crippen LogP contribution in [0.25, 0.3) is 11.4 Å². The molecule has 12 heteroatoms. The number of halogens is 4. The van der Waals surface area contributed by atoms with E-state index in [1.165, 1.54) is 17.0 Å². The first-order valence-electron chi connectivity index (χ1n) is 9.91. The summed E-state index contributed by atoms with van der Waals surface area (Å²) < 4.78 is 41.1. The minimum absolute atomic E-state index is 0.0858. The second kappa shape index (κ2) is 8.45. The minimum atomic E-state index is -4.42. The SMILES string of the molecule is Cc1cc(CNC(=O)Cn2nc(-c3cnn(CC(F)(F)F)c3)n(C3CC3)c2=O)ccc1Cl. The molecule has 1 aliphatic carbocycles. The molecule has 4 rings (SSSR count). The summed E-state index contributed by atoms with van der Waals surface area (Å²) in [6, 6.07) is 5.30. The van der Waals surface area contributed by atoms with E-state index in [-0.39, 0.29) is 30.5 Å². The fourth-order valence-corrected chi connectivity index (χ4v) is 3.46. The van der Waals surface area contributed by atoms with Gasteiger partial charge in [-0.15, -0.1) is 5.10 Å². The summed E-state index contributed by atoms with van der Waals surface area (Å²) in [5.74, 6) is -0.216. The Morgan fingerprint density at radius 2 is 2.06 bits per heavy atom. The third kappa shape index (κ3) is 5.04. The molecule has 1 aromatic carbocycles. The van der Waals surface area contributed by atoms with Gasteiger partial charge < -0.3 is 5.32 Å². The number of nitrogens with zero attached hydrogens (tertiary/aromatic N) is 5. The molecule has 1 fully saturated rings. The van der Waals surface area contributed by atoms with Crippen LogP contribution in [0.3, 0.4) is 0 Å². The number of hydrogen-bond acceptors (Lipinski definition) is 4. The van der Waals surface area contributed by atoms with Crippen molar-refractivity contribution in [1.29, 1.82) is 0 Å². The second-order valence-electron chi connectivity index (χ2n) is 7.77. The summed E-state index contributed by atoms with van der Waals surface area (Å²) in [6.07, 6.45) is -0.463. The Balaban J connectivity index is 1.50. The van der Waals surface area contributed by atoms with Crippen molar-refractivity contribution in [3.63, 3.8) is 0 Å². The number of carbonyl (C=O) groups is 1. The standard InChI is InChI=1S/C20H20ClF3N6O2/c1-12-6-13(2-5-16(12)21)7-25-17(31)10-29-19(32)30(15-3-4-15)18(27-29)14-8-26-28(9-14)11-20(22,23)24/h2,5-6,8-9,15H,3-4,7,10-11H2,1H3,(H,25,31). The fourth-order valence-electron chi connectivity index (χ4n) is 3.34. The molecule has 32 heavy (non-hydrogen) atoms. The Hall–Kier alpha value is -3.08. The Morgan fingerprint density at radius 3 is 2.72 bits per heavy atom. The van der Waals surface area contributed by atoms with Crippen molar-refractivity contribution in [3.05, 3.63) is 57.2 Å². The summed E-state index contributed by atoms with van der Waals surface area (Å²) >= 11 is 6.00. The number of aromatic nitrogens is 5. The maximum atomic E-state index is 12.8. The van der Waals surface area contributed by atoms with E-state index in [1.807, 2.05) is 13.0 Å². The van der Waals surface area contributed by atoms with E-state index in [0.717, 1.165) is 33.3 Å². The predicted molar refractivity (Wildman–Crippen MR) is 110 cm³/mol. The molecule has 170 valence electrons. The summed E-state index contributed by atoms with van der Waals surface area (Å²) in [4.78, 5) is 25.2. The molecule has 1 saturated carbocycles. The van der Waals surface area contributed by atoms with Gasteiger partial charge in [0.2, 0.25) is 5.91 Å². The smallest absolute Gasteiger partial charge is 0.350 e. The highest BCUT2D eigenvalue weighted by Gasteiger charge is 2.32. The number of alkyl halides is 3. The number of nitrogens with one attached hydrogen (secondary N) is 1. The molecule has 0 bridgehead atoms. The molecule has 0 atom stereocenters. The van der Waals surface area contributed by atoms with Crippen molar-refractivity contribution in [2.75, 3.05) is 0 Å². The average Bonchev–Trinajstić information content (AvgIpc) is 3.36. The van der Waals surface area contributed by atoms with E-state index in [9.17, 15) is 22.8 Å². The molecule has 1 N–H and O–H groups in total. The van der Waals surface area contributed by atoms with E-state index in [2.05, 4.69) is 15.5 Å². The predicted octanol–water partition coefficient (Wildman–Crippen LogP) is 3.08. The van der Waals surface area contributed by atoms with Gasteiger partial charge in [-0.1, -0.05) is 23.7 Å². The molecule has 0 radical (unpaired) electrons. The summed E-state index contributed by atoms with van der Waals surface area (Å²) in [6.45, 7) is 0.560.